The highest BCUT2D eigenvalue weighted by Crippen LogP contribution is 2.53. The Morgan fingerprint density at radius 1 is 0.299 bits per heavy atom. The largest absolute Gasteiger partial charge is 0.468 e. The standard InChI is InChI=1S/C78H61BN2O6/c1-76(2,3)52-26-28-65-57(40-52)72-74(86-65)79-71-59(80(72)55-32-48(67-36-44-18-10-14-22-61(44)82-67)30-49(33-55)68-37-45-19-11-15-23-62(45)83-68)42-54(78(7,8)9)43-60(71)81(73-58-41-53(77(4,5)6)27-29-66(58)87-75(73)79)56-34-50(69-38-46-20-12-16-24-63(46)84-69)31-51(35-56)70-39-47-21-13-17-25-64(47)85-70/h10-43H,1-9H3. The molecule has 0 bridgehead atoms. The van der Waals surface area contributed by atoms with Crippen LogP contribution in [0.1, 0.15) is 79.0 Å². The van der Waals surface area contributed by atoms with E-state index in [2.05, 4.69) is 230 Å². The molecule has 8 heterocycles. The van der Waals surface area contributed by atoms with Gasteiger partial charge in [0.05, 0.1) is 11.4 Å². The highest BCUT2D eigenvalue weighted by atomic mass is 16.4. The van der Waals surface area contributed by atoms with Crippen LogP contribution in [0.3, 0.4) is 0 Å². The van der Waals surface area contributed by atoms with Crippen LogP contribution in [0.25, 0.3) is 111 Å². The van der Waals surface area contributed by atoms with Crippen molar-refractivity contribution < 1.29 is 26.5 Å². The van der Waals surface area contributed by atoms with Crippen molar-refractivity contribution in [2.75, 3.05) is 9.80 Å². The van der Waals surface area contributed by atoms with Crippen molar-refractivity contribution in [3.05, 3.63) is 223 Å². The molecule has 0 radical (unpaired) electrons. The molecule has 0 atom stereocenters. The Hall–Kier alpha value is -10.1. The molecule has 2 aliphatic heterocycles. The lowest BCUT2D eigenvalue weighted by Gasteiger charge is -2.42. The third-order valence-electron chi connectivity index (χ3n) is 18.0. The van der Waals surface area contributed by atoms with E-state index in [0.29, 0.717) is 0 Å². The van der Waals surface area contributed by atoms with E-state index in [1.54, 1.807) is 0 Å². The van der Waals surface area contributed by atoms with Crippen molar-refractivity contribution in [3.63, 3.8) is 0 Å². The molecule has 17 rings (SSSR count). The smallest absolute Gasteiger partial charge is 0.342 e. The number of fused-ring (bicyclic) bond motifs is 12. The van der Waals surface area contributed by atoms with Gasteiger partial charge in [-0.2, -0.15) is 0 Å². The van der Waals surface area contributed by atoms with Gasteiger partial charge in [-0.25, -0.2) is 0 Å². The zero-order valence-electron chi connectivity index (χ0n) is 50.1. The topological polar surface area (TPSA) is 85.3 Å². The van der Waals surface area contributed by atoms with Crippen LogP contribution in [-0.2, 0) is 16.2 Å². The zero-order chi connectivity index (χ0) is 59.0. The van der Waals surface area contributed by atoms with Crippen LogP contribution >= 0.6 is 0 Å². The van der Waals surface area contributed by atoms with Gasteiger partial charge in [-0.3, -0.25) is 0 Å². The van der Waals surface area contributed by atoms with E-state index in [1.807, 2.05) is 48.5 Å². The predicted octanol–water partition coefficient (Wildman–Crippen LogP) is 20.8. The normalized spacial score (nSPS) is 13.5. The van der Waals surface area contributed by atoms with Crippen LogP contribution < -0.4 is 26.6 Å². The van der Waals surface area contributed by atoms with Crippen molar-refractivity contribution in [2.24, 2.45) is 0 Å². The lowest BCUT2D eigenvalue weighted by molar-refractivity contribution is 0.590. The number of para-hydroxylation sites is 4. The summed E-state index contributed by atoms with van der Waals surface area (Å²) in [5.74, 6) is 3.00. The minimum Gasteiger partial charge on any atom is -0.468 e. The summed E-state index contributed by atoms with van der Waals surface area (Å²) in [6.07, 6.45) is 0. The number of anilines is 6. The summed E-state index contributed by atoms with van der Waals surface area (Å²) < 4.78 is 42.3. The molecule has 9 aromatic carbocycles. The Bertz CT molecular complexity index is 4710. The first kappa shape index (κ1) is 51.3. The fourth-order valence-electron chi connectivity index (χ4n) is 13.4. The average molecular weight is 1130 g/mol. The molecule has 2 aliphatic rings. The molecule has 0 amide bonds. The molecule has 8 nitrogen and oxygen atoms in total. The second-order valence-electron chi connectivity index (χ2n) is 27.0. The highest BCUT2D eigenvalue weighted by molar-refractivity contribution is 6.99. The quantitative estimate of drug-likeness (QED) is 0.152. The molecule has 15 aromatic rings. The predicted molar refractivity (Wildman–Crippen MR) is 357 cm³/mol. The molecule has 0 N–H and O–H groups in total. The Morgan fingerprint density at radius 2 is 0.621 bits per heavy atom. The number of furan rings is 6. The van der Waals surface area contributed by atoms with Crippen LogP contribution in [0.4, 0.5) is 34.1 Å². The van der Waals surface area contributed by atoms with Gasteiger partial charge in [0, 0.05) is 77.3 Å². The fourth-order valence-corrected chi connectivity index (χ4v) is 13.4. The molecular weight excluding hydrogens is 1070 g/mol. The van der Waals surface area contributed by atoms with Gasteiger partial charge in [0.1, 0.15) is 67.9 Å². The van der Waals surface area contributed by atoms with Crippen LogP contribution in [-0.4, -0.2) is 6.71 Å². The van der Waals surface area contributed by atoms with E-state index >= 15 is 0 Å². The number of nitrogens with zero attached hydrogens (tertiary/aromatic N) is 2. The Morgan fingerprint density at radius 3 is 0.931 bits per heavy atom. The zero-order valence-corrected chi connectivity index (χ0v) is 50.1. The van der Waals surface area contributed by atoms with Crippen LogP contribution in [0.15, 0.2) is 233 Å². The van der Waals surface area contributed by atoms with Crippen molar-refractivity contribution in [1.82, 2.24) is 0 Å². The number of benzene rings is 9. The van der Waals surface area contributed by atoms with Crippen LogP contribution in [0.5, 0.6) is 0 Å². The molecular formula is C78H61BN2O6. The third kappa shape index (κ3) is 8.12. The fraction of sp³-hybridized carbons (Fsp3) is 0.154. The Labute approximate surface area is 503 Å². The average Bonchev–Trinajstić information content (AvgIpc) is 1.64. The second kappa shape index (κ2) is 18.2. The van der Waals surface area contributed by atoms with Gasteiger partial charge in [0.15, 0.2) is 0 Å². The van der Waals surface area contributed by atoms with Crippen molar-refractivity contribution in [3.8, 4) is 45.3 Å². The second-order valence-corrected chi connectivity index (χ2v) is 27.0. The molecule has 422 valence electrons. The first-order valence-electron chi connectivity index (χ1n) is 30.1. The van der Waals surface area contributed by atoms with Gasteiger partial charge >= 0.3 is 6.71 Å². The first-order valence-corrected chi connectivity index (χ1v) is 30.1. The minimum atomic E-state index is -0.487. The summed E-state index contributed by atoms with van der Waals surface area (Å²) in [5, 5.41) is 6.12. The maximum Gasteiger partial charge on any atom is 0.342 e. The Kier molecular flexibility index (Phi) is 10.7. The molecule has 0 spiro atoms. The lowest BCUT2D eigenvalue weighted by Crippen LogP contribution is -2.60. The van der Waals surface area contributed by atoms with Crippen LogP contribution in [0, 0.1) is 0 Å². The number of hydrogen-bond donors (Lipinski definition) is 0. The van der Waals surface area contributed by atoms with Gasteiger partial charge in [0.25, 0.3) is 0 Å². The summed E-state index contributed by atoms with van der Waals surface area (Å²) in [6, 6.07) is 73.2. The molecule has 0 saturated carbocycles. The summed E-state index contributed by atoms with van der Waals surface area (Å²) in [6.45, 7) is 20.1. The van der Waals surface area contributed by atoms with E-state index in [9.17, 15) is 0 Å². The van der Waals surface area contributed by atoms with Gasteiger partial charge in [0.2, 0.25) is 0 Å². The SMILES string of the molecule is CC(C)(C)c1cc2c3c(c1)N(c1cc(-c4cc5ccccc5o4)cc(-c4cc5ccccc5o4)c1)c1c(oc4ccc(C(C)(C)C)cc14)B3c1oc3ccc(C(C)(C)C)cc3c1N2c1cc(-c2cc3ccccc3o2)cc(-c2cc3ccccc3o2)c1. The molecule has 0 fully saturated rings. The van der Waals surface area contributed by atoms with E-state index in [-0.39, 0.29) is 16.2 Å². The van der Waals surface area contributed by atoms with Crippen molar-refractivity contribution in [2.45, 2.75) is 78.6 Å². The van der Waals surface area contributed by atoms with E-state index < -0.39 is 6.71 Å². The third-order valence-corrected chi connectivity index (χ3v) is 18.0. The van der Waals surface area contributed by atoms with Gasteiger partial charge in [-0.1, -0.05) is 147 Å². The molecule has 6 aromatic heterocycles. The van der Waals surface area contributed by atoms with Gasteiger partial charge < -0.3 is 36.3 Å². The maximum absolute atomic E-state index is 7.57. The molecule has 87 heavy (non-hydrogen) atoms. The monoisotopic (exact) mass is 1130 g/mol. The van der Waals surface area contributed by atoms with E-state index in [0.717, 1.165) is 168 Å². The van der Waals surface area contributed by atoms with Gasteiger partial charge in [-0.15, -0.1) is 0 Å². The number of rotatable bonds is 6. The molecule has 0 aliphatic carbocycles. The summed E-state index contributed by atoms with van der Waals surface area (Å²) >= 11 is 0. The van der Waals surface area contributed by atoms with E-state index in [4.69, 9.17) is 26.5 Å². The Balaban J connectivity index is 1.00. The molecule has 0 saturated heterocycles. The lowest BCUT2D eigenvalue weighted by atomic mass is 9.37. The first-order chi connectivity index (χ1) is 41.9. The van der Waals surface area contributed by atoms with Crippen molar-refractivity contribution in [1.29, 1.82) is 0 Å². The highest BCUT2D eigenvalue weighted by Gasteiger charge is 2.51. The minimum absolute atomic E-state index is 0.169. The van der Waals surface area contributed by atoms with E-state index in [1.165, 1.54) is 11.1 Å². The summed E-state index contributed by atoms with van der Waals surface area (Å²) in [7, 11) is 0. The van der Waals surface area contributed by atoms with Crippen LogP contribution in [0.2, 0.25) is 0 Å². The summed E-state index contributed by atoms with van der Waals surface area (Å²) in [5.41, 5.74) is 19.7. The van der Waals surface area contributed by atoms with Crippen molar-refractivity contribution >= 4 is 123 Å². The van der Waals surface area contributed by atoms with Gasteiger partial charge in [-0.05, 0) is 160 Å². The molecule has 0 unspecified atom stereocenters. The maximum atomic E-state index is 7.57. The number of hydrogen-bond acceptors (Lipinski definition) is 8. The summed E-state index contributed by atoms with van der Waals surface area (Å²) in [4.78, 5) is 4.93. The molecule has 9 heteroatoms.